The van der Waals surface area contributed by atoms with E-state index in [1.54, 1.807) is 6.08 Å². The Morgan fingerprint density at radius 1 is 0.864 bits per heavy atom. The van der Waals surface area contributed by atoms with Crippen LogP contribution in [0.1, 0.15) is 101 Å². The van der Waals surface area contributed by atoms with Gasteiger partial charge in [-0.3, -0.25) is 24.4 Å². The van der Waals surface area contributed by atoms with E-state index in [4.69, 9.17) is 4.99 Å². The van der Waals surface area contributed by atoms with Crippen molar-refractivity contribution in [3.05, 3.63) is 58.3 Å². The number of carbonyl (C=O) groups is 2. The quantitative estimate of drug-likeness (QED) is 0.381. The first-order valence-electron chi connectivity index (χ1n) is 17.7. The van der Waals surface area contributed by atoms with Crippen molar-refractivity contribution >= 4 is 28.2 Å². The largest absolute Gasteiger partial charge is 0.335 e. The van der Waals surface area contributed by atoms with Gasteiger partial charge in [-0.05, 0) is 118 Å². The van der Waals surface area contributed by atoms with Gasteiger partial charge in [0, 0.05) is 47.8 Å². The van der Waals surface area contributed by atoms with Crippen LogP contribution in [0.25, 0.3) is 10.9 Å². The summed E-state index contributed by atoms with van der Waals surface area (Å²) in [6.07, 6.45) is 14.0. The van der Waals surface area contributed by atoms with Crippen LogP contribution in [-0.2, 0) is 16.0 Å². The monoisotopic (exact) mass is 590 g/mol. The lowest BCUT2D eigenvalue weighted by molar-refractivity contribution is -0.131. The molecule has 5 atom stereocenters. The number of aromatic nitrogens is 1. The number of carbonyl (C=O) groups excluding carboxylic acids is 2. The maximum atomic E-state index is 14.1. The minimum Gasteiger partial charge on any atom is -0.335 e. The summed E-state index contributed by atoms with van der Waals surface area (Å²) in [4.78, 5) is 38.8. The maximum absolute atomic E-state index is 14.1. The van der Waals surface area contributed by atoms with Gasteiger partial charge in [-0.25, -0.2) is 0 Å². The molecule has 3 fully saturated rings. The van der Waals surface area contributed by atoms with Gasteiger partial charge in [-0.1, -0.05) is 32.0 Å². The molecule has 9 rings (SSSR count). The molecule has 1 aliphatic carbocycles. The highest BCUT2D eigenvalue weighted by Gasteiger charge is 2.55. The Morgan fingerprint density at radius 2 is 1.59 bits per heavy atom. The number of benzene rings is 1. The molecule has 6 aliphatic heterocycles. The van der Waals surface area contributed by atoms with Crippen molar-refractivity contribution in [3.8, 4) is 0 Å². The van der Waals surface area contributed by atoms with Gasteiger partial charge in [0.15, 0.2) is 0 Å². The lowest BCUT2D eigenvalue weighted by Crippen LogP contribution is -2.53. The molecular weight excluding hydrogens is 544 g/mol. The fourth-order valence-corrected chi connectivity index (χ4v) is 11.5. The minimum absolute atomic E-state index is 0.00449. The summed E-state index contributed by atoms with van der Waals surface area (Å²) in [5, 5.41) is 1.37. The number of para-hydroxylation sites is 1. The Kier molecular flexibility index (Phi) is 6.14. The molecule has 230 valence electrons. The maximum Gasteiger partial charge on any atom is 0.235 e. The Balaban J connectivity index is 1.28. The summed E-state index contributed by atoms with van der Waals surface area (Å²) in [5.74, 6) is -0.635. The first-order valence-corrected chi connectivity index (χ1v) is 17.7. The van der Waals surface area contributed by atoms with E-state index in [1.807, 2.05) is 0 Å². The van der Waals surface area contributed by atoms with E-state index in [0.717, 1.165) is 82.4 Å². The van der Waals surface area contributed by atoms with Gasteiger partial charge >= 0.3 is 0 Å². The summed E-state index contributed by atoms with van der Waals surface area (Å²) in [7, 11) is 0. The molecule has 1 aromatic heterocycles. The van der Waals surface area contributed by atoms with Crippen LogP contribution in [0.15, 0.2) is 52.1 Å². The number of aliphatic imine (C=N–C) groups is 1. The predicted octanol–water partition coefficient (Wildman–Crippen LogP) is 6.55. The van der Waals surface area contributed by atoms with Crippen molar-refractivity contribution in [3.63, 3.8) is 0 Å². The lowest BCUT2D eigenvalue weighted by atomic mass is 9.61. The van der Waals surface area contributed by atoms with Gasteiger partial charge in [0.2, 0.25) is 11.6 Å². The third kappa shape index (κ3) is 3.53. The highest BCUT2D eigenvalue weighted by Crippen LogP contribution is 2.61. The second-order valence-corrected chi connectivity index (χ2v) is 15.0. The number of Topliss-reactive ketones (excluding diaryl/α,β-unsaturated/α-hetero) is 1. The van der Waals surface area contributed by atoms with Crippen molar-refractivity contribution in [2.24, 2.45) is 15.8 Å². The fraction of sp³-hybridized carbons (Fsp3) is 0.605. The van der Waals surface area contributed by atoms with Gasteiger partial charge < -0.3 is 4.57 Å². The topological polar surface area (TPSA) is 57.9 Å². The van der Waals surface area contributed by atoms with Crippen molar-refractivity contribution in [2.75, 3.05) is 32.7 Å². The zero-order valence-electron chi connectivity index (χ0n) is 26.5. The smallest absolute Gasteiger partial charge is 0.235 e. The summed E-state index contributed by atoms with van der Waals surface area (Å²) in [6.45, 7) is 9.87. The predicted molar refractivity (Wildman–Crippen MR) is 174 cm³/mol. The summed E-state index contributed by atoms with van der Waals surface area (Å²) in [5.41, 5.74) is 8.45. The number of ketones is 2. The molecule has 0 bridgehead atoms. The Bertz CT molecular complexity index is 1690. The number of rotatable bonds is 3. The second kappa shape index (κ2) is 9.83. The molecule has 0 amide bonds. The van der Waals surface area contributed by atoms with Crippen molar-refractivity contribution in [1.29, 1.82) is 0 Å². The van der Waals surface area contributed by atoms with Crippen molar-refractivity contribution in [1.82, 2.24) is 14.4 Å². The Morgan fingerprint density at radius 3 is 2.41 bits per heavy atom. The SMILES string of the molecule is CCC12CCCN=C3C(C4CC5(CC)CCCN6CCc7c(n4c4ccccc74)C65)=CC(=O)C(=O)/C3=C3\CCN(CCC1)C32. The number of hydrogen-bond acceptors (Lipinski definition) is 5. The molecule has 6 heteroatoms. The molecule has 0 radical (unpaired) electrons. The second-order valence-electron chi connectivity index (χ2n) is 15.0. The van der Waals surface area contributed by atoms with Crippen LogP contribution >= 0.6 is 0 Å². The van der Waals surface area contributed by atoms with Crippen molar-refractivity contribution in [2.45, 2.75) is 103 Å². The fourth-order valence-electron chi connectivity index (χ4n) is 11.5. The molecule has 0 saturated carbocycles. The summed E-state index contributed by atoms with van der Waals surface area (Å²) in [6, 6.07) is 9.65. The molecule has 0 spiro atoms. The van der Waals surface area contributed by atoms with Gasteiger partial charge in [-0.2, -0.15) is 0 Å². The van der Waals surface area contributed by atoms with Crippen LogP contribution in [0.4, 0.5) is 0 Å². The molecule has 3 saturated heterocycles. The van der Waals surface area contributed by atoms with Crippen LogP contribution in [0.3, 0.4) is 0 Å². The average molecular weight is 591 g/mol. The molecule has 5 unspecified atom stereocenters. The van der Waals surface area contributed by atoms with E-state index in [2.05, 4.69) is 52.5 Å². The Labute approximate surface area is 261 Å². The number of nitrogens with zero attached hydrogens (tertiary/aromatic N) is 4. The van der Waals surface area contributed by atoms with Gasteiger partial charge in [0.1, 0.15) is 0 Å². The number of hydrogen-bond donors (Lipinski definition) is 0. The molecule has 44 heavy (non-hydrogen) atoms. The van der Waals surface area contributed by atoms with Crippen LogP contribution in [0.2, 0.25) is 0 Å². The van der Waals surface area contributed by atoms with Crippen molar-refractivity contribution < 1.29 is 9.59 Å². The highest BCUT2D eigenvalue weighted by molar-refractivity contribution is 6.58. The third-order valence-electron chi connectivity index (χ3n) is 13.4. The van der Waals surface area contributed by atoms with E-state index in [-0.39, 0.29) is 34.5 Å². The standard InChI is InChI=1S/C38H46N4O2/c1-3-37-14-7-17-39-32-27(22-30(43)34(44)31(32)26-13-21-40(35(26)37)18-8-15-37)29-23-38(4-2)16-9-19-41-20-12-25-24-10-5-6-11-28(24)42(29)33(25)36(38)41/h5-6,10-11,22,29,35-36H,3-4,7-9,12-21,23H2,1-2H3/b31-26+,39-32?. The summed E-state index contributed by atoms with van der Waals surface area (Å²) < 4.78 is 2.63. The third-order valence-corrected chi connectivity index (χ3v) is 13.4. The van der Waals surface area contributed by atoms with E-state index in [0.29, 0.717) is 11.6 Å². The van der Waals surface area contributed by atoms with E-state index < -0.39 is 0 Å². The molecule has 6 nitrogen and oxygen atoms in total. The number of piperidine rings is 2. The van der Waals surface area contributed by atoms with Crippen LogP contribution in [0, 0.1) is 10.8 Å². The van der Waals surface area contributed by atoms with E-state index in [9.17, 15) is 9.59 Å². The van der Waals surface area contributed by atoms with Gasteiger partial charge in [-0.15, -0.1) is 0 Å². The number of allylic oxidation sites excluding steroid dienone is 3. The van der Waals surface area contributed by atoms with E-state index in [1.165, 1.54) is 60.0 Å². The van der Waals surface area contributed by atoms with Gasteiger partial charge in [0.25, 0.3) is 0 Å². The molecule has 0 N–H and O–H groups in total. The highest BCUT2D eigenvalue weighted by atomic mass is 16.2. The average Bonchev–Trinajstić information content (AvgIpc) is 3.65. The molecule has 7 heterocycles. The zero-order chi connectivity index (χ0) is 29.8. The molecule has 2 aromatic rings. The van der Waals surface area contributed by atoms with Gasteiger partial charge in [0.05, 0.1) is 23.4 Å². The number of fused-ring (bicyclic) bond motifs is 4. The van der Waals surface area contributed by atoms with Crippen LogP contribution in [-0.4, -0.2) is 70.4 Å². The first-order chi connectivity index (χ1) is 21.5. The lowest BCUT2D eigenvalue weighted by Gasteiger charge is -2.57. The zero-order valence-corrected chi connectivity index (χ0v) is 26.5. The minimum atomic E-state index is -0.333. The first kappa shape index (κ1) is 27.5. The van der Waals surface area contributed by atoms with E-state index >= 15 is 0 Å². The molecule has 1 aromatic carbocycles. The van der Waals surface area contributed by atoms with Crippen LogP contribution in [0.5, 0.6) is 0 Å². The summed E-state index contributed by atoms with van der Waals surface area (Å²) >= 11 is 0. The Hall–Kier alpha value is -2.83. The molecular formula is C38H46N4O2. The molecule has 7 aliphatic rings. The van der Waals surface area contributed by atoms with Crippen LogP contribution < -0.4 is 0 Å². The normalized spacial score (nSPS) is 37.0.